The van der Waals surface area contributed by atoms with Crippen LogP contribution in [0.2, 0.25) is 0 Å². The van der Waals surface area contributed by atoms with E-state index in [1.807, 2.05) is 0 Å². The highest BCUT2D eigenvalue weighted by Gasteiger charge is 2.48. The van der Waals surface area contributed by atoms with Gasteiger partial charge in [0.2, 0.25) is 0 Å². The zero-order chi connectivity index (χ0) is 19.0. The summed E-state index contributed by atoms with van der Waals surface area (Å²) in [6, 6.07) is 3.12. The Hall–Kier alpha value is -2.18. The van der Waals surface area contributed by atoms with Crippen molar-refractivity contribution in [2.75, 3.05) is 0 Å². The second-order valence-electron chi connectivity index (χ2n) is 7.81. The van der Waals surface area contributed by atoms with Gasteiger partial charge < -0.3 is 15.2 Å². The van der Waals surface area contributed by atoms with E-state index in [2.05, 4.69) is 5.32 Å². The first kappa shape index (κ1) is 19.1. The van der Waals surface area contributed by atoms with Crippen LogP contribution in [0.15, 0.2) is 18.2 Å². The Kier molecular flexibility index (Phi) is 5.06. The molecule has 1 aliphatic carbocycles. The van der Waals surface area contributed by atoms with Gasteiger partial charge >= 0.3 is 12.1 Å². The van der Waals surface area contributed by atoms with Gasteiger partial charge in [-0.15, -0.1) is 0 Å². The van der Waals surface area contributed by atoms with Crippen LogP contribution in [0.5, 0.6) is 0 Å². The van der Waals surface area contributed by atoms with Crippen molar-refractivity contribution in [2.45, 2.75) is 57.6 Å². The number of carboxylic acids is 1. The maximum absolute atomic E-state index is 14.1. The van der Waals surface area contributed by atoms with Crippen LogP contribution in [-0.4, -0.2) is 28.3 Å². The lowest BCUT2D eigenvalue weighted by Gasteiger charge is -2.28. The van der Waals surface area contributed by atoms with Gasteiger partial charge in [-0.3, -0.25) is 4.79 Å². The second kappa shape index (κ2) is 6.61. The van der Waals surface area contributed by atoms with E-state index in [4.69, 9.17) is 4.74 Å². The highest BCUT2D eigenvalue weighted by atomic mass is 19.1. The van der Waals surface area contributed by atoms with Crippen LogP contribution in [-0.2, 0) is 9.53 Å². The molecule has 1 saturated carbocycles. The van der Waals surface area contributed by atoms with Crippen molar-refractivity contribution in [1.82, 2.24) is 5.32 Å². The Bertz CT molecular complexity index is 686. The molecule has 0 aliphatic heterocycles. The highest BCUT2D eigenvalue weighted by Crippen LogP contribution is 2.46. The number of alkyl carbamates (subject to hydrolysis) is 1. The molecule has 1 aromatic carbocycles. The first-order chi connectivity index (χ1) is 11.4. The third kappa shape index (κ3) is 4.67. The summed E-state index contributed by atoms with van der Waals surface area (Å²) in [5, 5.41) is 12.2. The number of carbonyl (C=O) groups excluding carboxylic acids is 1. The van der Waals surface area contributed by atoms with Crippen molar-refractivity contribution < 1.29 is 28.2 Å². The molecule has 0 spiro atoms. The number of ether oxygens (including phenoxy) is 1. The minimum Gasteiger partial charge on any atom is -0.481 e. The zero-order valence-electron chi connectivity index (χ0n) is 14.7. The highest BCUT2D eigenvalue weighted by molar-refractivity contribution is 5.74. The molecule has 1 aliphatic rings. The summed E-state index contributed by atoms with van der Waals surface area (Å²) in [4.78, 5) is 23.7. The van der Waals surface area contributed by atoms with Crippen LogP contribution in [0.4, 0.5) is 13.6 Å². The fraction of sp³-hybridized carbons (Fsp3) is 0.556. The van der Waals surface area contributed by atoms with Gasteiger partial charge in [0.05, 0.1) is 5.92 Å². The molecule has 138 valence electrons. The Labute approximate surface area is 145 Å². The number of benzene rings is 1. The van der Waals surface area contributed by atoms with Gasteiger partial charge in [-0.2, -0.15) is 0 Å². The standard InChI is InChI=1S/C18H23F2NO4/c1-17(2,3)25-16(24)21-18(4)8-12(13(9-18)15(22)23)11-6-5-10(19)7-14(11)20/h5-7,12-13H,8-9H2,1-4H3,(H,21,24)(H,22,23). The van der Waals surface area contributed by atoms with E-state index in [-0.39, 0.29) is 18.4 Å². The van der Waals surface area contributed by atoms with Crippen LogP contribution in [0.1, 0.15) is 52.0 Å². The molecule has 0 radical (unpaired) electrons. The first-order valence-corrected chi connectivity index (χ1v) is 8.09. The maximum atomic E-state index is 14.1. The lowest BCUT2D eigenvalue weighted by molar-refractivity contribution is -0.142. The van der Waals surface area contributed by atoms with Crippen LogP contribution in [0, 0.1) is 17.6 Å². The van der Waals surface area contributed by atoms with E-state index in [0.717, 1.165) is 12.1 Å². The normalized spacial score (nSPS) is 26.3. The first-order valence-electron chi connectivity index (χ1n) is 8.09. The van der Waals surface area contributed by atoms with E-state index >= 15 is 0 Å². The fourth-order valence-electron chi connectivity index (χ4n) is 3.38. The molecule has 3 unspecified atom stereocenters. The molecular weight excluding hydrogens is 332 g/mol. The van der Waals surface area contributed by atoms with Crippen LogP contribution < -0.4 is 5.32 Å². The predicted molar refractivity (Wildman–Crippen MR) is 87.2 cm³/mol. The van der Waals surface area contributed by atoms with Gasteiger partial charge in [0.1, 0.15) is 17.2 Å². The van der Waals surface area contributed by atoms with Crippen LogP contribution in [0.3, 0.4) is 0 Å². The number of carboxylic acid groups (broad SMARTS) is 1. The summed E-state index contributed by atoms with van der Waals surface area (Å²) >= 11 is 0. The molecule has 25 heavy (non-hydrogen) atoms. The molecular formula is C18H23F2NO4. The monoisotopic (exact) mass is 355 g/mol. The SMILES string of the molecule is CC1(NC(=O)OC(C)(C)C)CC(C(=O)O)C(c2ccc(F)cc2F)C1. The number of carbonyl (C=O) groups is 2. The lowest BCUT2D eigenvalue weighted by Crippen LogP contribution is -2.46. The topological polar surface area (TPSA) is 75.6 Å². The molecule has 5 nitrogen and oxygen atoms in total. The van der Waals surface area contributed by atoms with E-state index in [1.54, 1.807) is 27.7 Å². The van der Waals surface area contributed by atoms with Gasteiger partial charge in [0.15, 0.2) is 0 Å². The van der Waals surface area contributed by atoms with Gasteiger partial charge in [0.25, 0.3) is 0 Å². The van der Waals surface area contributed by atoms with Gasteiger partial charge in [-0.05, 0) is 52.2 Å². The van der Waals surface area contributed by atoms with Gasteiger partial charge in [-0.1, -0.05) is 6.07 Å². The number of amides is 1. The molecule has 2 rings (SSSR count). The number of aliphatic carboxylic acids is 1. The molecule has 0 bridgehead atoms. The number of halogens is 2. The van der Waals surface area contributed by atoms with Crippen LogP contribution in [0.25, 0.3) is 0 Å². The third-order valence-corrected chi connectivity index (χ3v) is 4.31. The summed E-state index contributed by atoms with van der Waals surface area (Å²) in [6.07, 6.45) is -0.311. The number of nitrogens with one attached hydrogen (secondary N) is 1. The molecule has 0 heterocycles. The molecule has 1 fully saturated rings. The van der Waals surface area contributed by atoms with Crippen molar-refractivity contribution in [2.24, 2.45) is 5.92 Å². The Morgan fingerprint density at radius 3 is 2.44 bits per heavy atom. The molecule has 2 N–H and O–H groups in total. The Balaban J connectivity index is 2.24. The van der Waals surface area contributed by atoms with Crippen LogP contribution >= 0.6 is 0 Å². The summed E-state index contributed by atoms with van der Waals surface area (Å²) in [5.41, 5.74) is -1.41. The minimum absolute atomic E-state index is 0.128. The zero-order valence-corrected chi connectivity index (χ0v) is 14.7. The number of hydrogen-bond donors (Lipinski definition) is 2. The summed E-state index contributed by atoms with van der Waals surface area (Å²) in [5.74, 6) is -4.14. The van der Waals surface area contributed by atoms with Crippen molar-refractivity contribution in [3.63, 3.8) is 0 Å². The van der Waals surface area contributed by atoms with Crippen molar-refractivity contribution in [1.29, 1.82) is 0 Å². The Morgan fingerprint density at radius 1 is 1.28 bits per heavy atom. The summed E-state index contributed by atoms with van der Waals surface area (Å²) < 4.78 is 32.5. The fourth-order valence-corrected chi connectivity index (χ4v) is 3.38. The van der Waals surface area contributed by atoms with Gasteiger partial charge in [-0.25, -0.2) is 13.6 Å². The van der Waals surface area contributed by atoms with Crippen molar-refractivity contribution in [3.05, 3.63) is 35.4 Å². The van der Waals surface area contributed by atoms with Crippen molar-refractivity contribution >= 4 is 12.1 Å². The molecule has 0 saturated heterocycles. The third-order valence-electron chi connectivity index (χ3n) is 4.31. The van der Waals surface area contributed by atoms with E-state index in [9.17, 15) is 23.5 Å². The molecule has 1 aromatic rings. The number of hydrogen-bond acceptors (Lipinski definition) is 3. The molecule has 1 amide bonds. The summed E-state index contributed by atoms with van der Waals surface area (Å²) in [7, 11) is 0. The molecule has 3 atom stereocenters. The van der Waals surface area contributed by atoms with Gasteiger partial charge in [0, 0.05) is 17.5 Å². The van der Waals surface area contributed by atoms with E-state index in [1.165, 1.54) is 6.07 Å². The maximum Gasteiger partial charge on any atom is 0.408 e. The average Bonchev–Trinajstić information content (AvgIpc) is 2.74. The predicted octanol–water partition coefficient (Wildman–Crippen LogP) is 3.83. The smallest absolute Gasteiger partial charge is 0.408 e. The van der Waals surface area contributed by atoms with E-state index < -0.39 is 46.7 Å². The van der Waals surface area contributed by atoms with Crippen molar-refractivity contribution in [3.8, 4) is 0 Å². The number of rotatable bonds is 3. The second-order valence-corrected chi connectivity index (χ2v) is 7.81. The quantitative estimate of drug-likeness (QED) is 0.864. The molecule has 0 aromatic heterocycles. The Morgan fingerprint density at radius 2 is 1.92 bits per heavy atom. The largest absolute Gasteiger partial charge is 0.481 e. The lowest BCUT2D eigenvalue weighted by atomic mass is 9.88. The van der Waals surface area contributed by atoms with E-state index in [0.29, 0.717) is 0 Å². The minimum atomic E-state index is -1.08. The average molecular weight is 355 g/mol. The molecule has 7 heteroatoms. The summed E-state index contributed by atoms with van der Waals surface area (Å²) in [6.45, 7) is 6.87.